The minimum Gasteiger partial charge on any atom is -0.332 e. The highest BCUT2D eigenvalue weighted by atomic mass is 14.8. The van der Waals surface area contributed by atoms with E-state index in [2.05, 4.69) is 9.69 Å². The van der Waals surface area contributed by atoms with Crippen molar-refractivity contribution in [2.45, 2.75) is 50.6 Å². The van der Waals surface area contributed by atoms with Crippen molar-refractivity contribution in [3.8, 4) is 12.1 Å². The van der Waals surface area contributed by atoms with Crippen LogP contribution in [0.25, 0.3) is 9.69 Å². The number of hydrogen-bond donors (Lipinski definition) is 0. The first-order valence-corrected chi connectivity index (χ1v) is 7.55. The van der Waals surface area contributed by atoms with E-state index in [4.69, 9.17) is 13.1 Å². The van der Waals surface area contributed by atoms with E-state index in [0.29, 0.717) is 23.7 Å². The molecule has 4 aliphatic carbocycles. The number of hydrogen-bond acceptors (Lipinski definition) is 2. The normalized spacial score (nSPS) is 38.8. The zero-order valence-electron chi connectivity index (χ0n) is 11.9. The predicted octanol–water partition coefficient (Wildman–Crippen LogP) is 3.40. The van der Waals surface area contributed by atoms with Gasteiger partial charge in [-0.25, -0.2) is 13.1 Å². The second-order valence-corrected chi connectivity index (χ2v) is 6.97. The van der Waals surface area contributed by atoms with E-state index in [1.54, 1.807) is 0 Å². The van der Waals surface area contributed by atoms with Crippen LogP contribution in [0.2, 0.25) is 0 Å². The molecule has 0 saturated heterocycles. The van der Waals surface area contributed by atoms with Crippen LogP contribution in [-0.2, 0) is 0 Å². The van der Waals surface area contributed by atoms with Crippen molar-refractivity contribution in [3.63, 3.8) is 0 Å². The molecule has 4 heteroatoms. The van der Waals surface area contributed by atoms with E-state index in [9.17, 15) is 10.5 Å². The molecule has 0 amide bonds. The van der Waals surface area contributed by atoms with Gasteiger partial charge in [0.15, 0.2) is 0 Å². The molecule has 0 aliphatic heterocycles. The van der Waals surface area contributed by atoms with Gasteiger partial charge in [0.2, 0.25) is 12.1 Å². The molecule has 0 N–H and O–H groups in total. The van der Waals surface area contributed by atoms with Crippen LogP contribution in [0.1, 0.15) is 38.5 Å². The highest BCUT2D eigenvalue weighted by Gasteiger charge is 2.53. The van der Waals surface area contributed by atoms with Gasteiger partial charge in [0, 0.05) is 0 Å². The van der Waals surface area contributed by atoms with Gasteiger partial charge in [-0.3, -0.25) is 0 Å². The summed E-state index contributed by atoms with van der Waals surface area (Å²) in [6.45, 7) is 14.6. The Labute approximate surface area is 126 Å². The zero-order chi connectivity index (χ0) is 15.0. The molecule has 4 rings (SSSR count). The van der Waals surface area contributed by atoms with E-state index >= 15 is 0 Å². The molecule has 21 heavy (non-hydrogen) atoms. The van der Waals surface area contributed by atoms with Gasteiger partial charge in [-0.1, -0.05) is 19.3 Å². The van der Waals surface area contributed by atoms with Crippen LogP contribution < -0.4 is 0 Å². The van der Waals surface area contributed by atoms with Gasteiger partial charge >= 0.3 is 0 Å². The monoisotopic (exact) mass is 277 g/mol. The van der Waals surface area contributed by atoms with Gasteiger partial charge in [-0.2, -0.15) is 10.5 Å². The fourth-order valence-electron chi connectivity index (χ4n) is 5.53. The first-order valence-electron chi connectivity index (χ1n) is 7.55. The van der Waals surface area contributed by atoms with E-state index in [1.165, 1.54) is 19.3 Å². The highest BCUT2D eigenvalue weighted by molar-refractivity contribution is 5.37. The fourth-order valence-corrected chi connectivity index (χ4v) is 5.53. The molecule has 106 valence electrons. The molecule has 0 heterocycles. The van der Waals surface area contributed by atoms with Crippen molar-refractivity contribution >= 4 is 0 Å². The molecule has 0 aromatic heterocycles. The first kappa shape index (κ1) is 13.9. The zero-order valence-corrected chi connectivity index (χ0v) is 11.9. The van der Waals surface area contributed by atoms with Gasteiger partial charge in [-0.15, -0.1) is 11.3 Å². The molecule has 4 saturated carbocycles. The third-order valence-electron chi connectivity index (χ3n) is 5.74. The molecule has 0 radical (unpaired) electrons. The summed E-state index contributed by atoms with van der Waals surface area (Å²) in [6, 6.07) is 2.22. The summed E-state index contributed by atoms with van der Waals surface area (Å²) in [7, 11) is 0. The molecular weight excluding hydrogens is 260 g/mol. The summed E-state index contributed by atoms with van der Waals surface area (Å²) in [5, 5.41) is 18.7. The molecular formula is C17H17N4-. The van der Waals surface area contributed by atoms with Crippen molar-refractivity contribution in [1.82, 2.24) is 0 Å². The van der Waals surface area contributed by atoms with Gasteiger partial charge in [0.25, 0.3) is 0 Å². The molecule has 4 nitrogen and oxygen atoms in total. The van der Waals surface area contributed by atoms with Gasteiger partial charge < -0.3 is 9.69 Å². The van der Waals surface area contributed by atoms with Crippen LogP contribution in [0.15, 0.2) is 0 Å². The van der Waals surface area contributed by atoms with Crippen LogP contribution in [-0.4, -0.2) is 12.1 Å². The largest absolute Gasteiger partial charge is 0.332 e. The number of rotatable bonds is 3. The maximum absolute atomic E-state index is 9.34. The lowest BCUT2D eigenvalue weighted by molar-refractivity contribution is -0.0462. The van der Waals surface area contributed by atoms with Crippen LogP contribution in [0, 0.1) is 64.9 Å². The van der Waals surface area contributed by atoms with Crippen molar-refractivity contribution in [1.29, 1.82) is 10.5 Å². The summed E-state index contributed by atoms with van der Waals surface area (Å²) in [5.74, 6) is 2.64. The third-order valence-corrected chi connectivity index (χ3v) is 5.74. The van der Waals surface area contributed by atoms with Crippen LogP contribution in [0.4, 0.5) is 0 Å². The lowest BCUT2D eigenvalue weighted by atomic mass is 9.45. The standard InChI is InChI=1S/C17H17N4/c1-20-14(9-18)16(15(10-19)21-2)17-6-11-3-12(7-17)5-13(4-11)8-17/h11-15H,3-8H2/q-1. The van der Waals surface area contributed by atoms with E-state index in [1.807, 2.05) is 12.1 Å². The second-order valence-electron chi connectivity index (χ2n) is 6.97. The van der Waals surface area contributed by atoms with E-state index in [0.717, 1.165) is 19.3 Å². The van der Waals surface area contributed by atoms with E-state index in [-0.39, 0.29) is 5.41 Å². The molecule has 0 spiro atoms. The fraction of sp³-hybridized carbons (Fsp3) is 0.706. The minimum absolute atomic E-state index is 0.190. The average molecular weight is 277 g/mol. The van der Waals surface area contributed by atoms with E-state index < -0.39 is 12.1 Å². The summed E-state index contributed by atoms with van der Waals surface area (Å²) in [6.07, 6.45) is 6.73. The SMILES string of the molecule is [C-]#[N+]C(C#N)[C-](C(C#N)[N+]#[C-])C12CC3CC(CC(C3)C1)C2. The Morgan fingerprint density at radius 2 is 1.29 bits per heavy atom. The van der Waals surface area contributed by atoms with Crippen LogP contribution >= 0.6 is 0 Å². The molecule has 4 bridgehead atoms. The quantitative estimate of drug-likeness (QED) is 0.742. The lowest BCUT2D eigenvalue weighted by Crippen LogP contribution is -2.53. The van der Waals surface area contributed by atoms with Crippen molar-refractivity contribution in [2.75, 3.05) is 0 Å². The maximum atomic E-state index is 9.34. The van der Waals surface area contributed by atoms with Crippen molar-refractivity contribution in [3.05, 3.63) is 28.8 Å². The molecule has 2 atom stereocenters. The summed E-state index contributed by atoms with van der Waals surface area (Å²) >= 11 is 0. The summed E-state index contributed by atoms with van der Waals surface area (Å²) in [4.78, 5) is 6.88. The molecule has 2 unspecified atom stereocenters. The van der Waals surface area contributed by atoms with Crippen LogP contribution in [0.3, 0.4) is 0 Å². The predicted molar refractivity (Wildman–Crippen MR) is 75.9 cm³/mol. The lowest BCUT2D eigenvalue weighted by Gasteiger charge is -2.64. The minimum atomic E-state index is -0.931. The van der Waals surface area contributed by atoms with Gasteiger partial charge in [-0.05, 0) is 37.0 Å². The number of nitrogens with zero attached hydrogens (tertiary/aromatic N) is 4. The second kappa shape index (κ2) is 5.06. The molecule has 4 aliphatic rings. The Morgan fingerprint density at radius 1 is 0.905 bits per heavy atom. The molecule has 4 fully saturated rings. The molecule has 0 aromatic carbocycles. The summed E-state index contributed by atoms with van der Waals surface area (Å²) < 4.78 is 0. The Hall–Kier alpha value is -2.04. The van der Waals surface area contributed by atoms with Gasteiger partial charge in [0.05, 0.1) is 0 Å². The summed E-state index contributed by atoms with van der Waals surface area (Å²) in [5.41, 5.74) is -0.190. The van der Waals surface area contributed by atoms with Crippen molar-refractivity contribution in [2.24, 2.45) is 23.2 Å². The van der Waals surface area contributed by atoms with Gasteiger partial charge in [0.1, 0.15) is 12.1 Å². The topological polar surface area (TPSA) is 56.3 Å². The smallest absolute Gasteiger partial charge is 0.207 e. The Balaban J connectivity index is 2.01. The Kier molecular flexibility index (Phi) is 3.35. The Bertz CT molecular complexity index is 499. The third kappa shape index (κ3) is 2.07. The average Bonchev–Trinajstić information content (AvgIpc) is 2.46. The van der Waals surface area contributed by atoms with Crippen molar-refractivity contribution < 1.29 is 0 Å². The molecule has 0 aromatic rings. The maximum Gasteiger partial charge on any atom is 0.207 e. The first-order chi connectivity index (χ1) is 10.2. The number of nitriles is 2. The highest BCUT2D eigenvalue weighted by Crippen LogP contribution is 2.64. The Morgan fingerprint density at radius 3 is 1.57 bits per heavy atom. The van der Waals surface area contributed by atoms with Crippen LogP contribution in [0.5, 0.6) is 0 Å².